The number of halogens is 1. The summed E-state index contributed by atoms with van der Waals surface area (Å²) in [7, 11) is -3.08. The molecule has 0 N–H and O–H groups in total. The molecule has 2 nitrogen and oxygen atoms in total. The van der Waals surface area contributed by atoms with Gasteiger partial charge in [-0.15, -0.1) is 0 Å². The summed E-state index contributed by atoms with van der Waals surface area (Å²) in [5.41, 5.74) is 1.34. The lowest BCUT2D eigenvalue weighted by molar-refractivity contribution is 0.398. The molecule has 0 aliphatic carbocycles. The molecule has 1 unspecified atom stereocenters. The number of hydrogen-bond donors (Lipinski definition) is 0. The van der Waals surface area contributed by atoms with Gasteiger partial charge in [0.2, 0.25) is 0 Å². The van der Waals surface area contributed by atoms with Gasteiger partial charge >= 0.3 is 0 Å². The summed E-state index contributed by atoms with van der Waals surface area (Å²) in [5.74, 6) is 0.148. The van der Waals surface area contributed by atoms with E-state index in [0.29, 0.717) is 9.72 Å². The maximum absolute atomic E-state index is 11.7. The molecular formula is C14H21BrO2S. The highest BCUT2D eigenvalue weighted by Gasteiger charge is 2.22. The molecule has 0 spiro atoms. The molecule has 0 bridgehead atoms. The van der Waals surface area contributed by atoms with Crippen LogP contribution < -0.4 is 0 Å². The lowest BCUT2D eigenvalue weighted by atomic mass is 9.88. The van der Waals surface area contributed by atoms with E-state index in [1.54, 1.807) is 19.1 Å². The average molecular weight is 333 g/mol. The van der Waals surface area contributed by atoms with Crippen molar-refractivity contribution in [3.05, 3.63) is 29.8 Å². The van der Waals surface area contributed by atoms with Gasteiger partial charge < -0.3 is 0 Å². The fourth-order valence-corrected chi connectivity index (χ4v) is 2.77. The van der Waals surface area contributed by atoms with Crippen LogP contribution in [0.4, 0.5) is 0 Å². The lowest BCUT2D eigenvalue weighted by Gasteiger charge is -2.25. The van der Waals surface area contributed by atoms with Gasteiger partial charge in [-0.3, -0.25) is 0 Å². The van der Waals surface area contributed by atoms with Crippen LogP contribution in [-0.2, 0) is 16.3 Å². The van der Waals surface area contributed by atoms with Gasteiger partial charge in [-0.25, -0.2) is 8.42 Å². The summed E-state index contributed by atoms with van der Waals surface area (Å²) >= 11 is 3.69. The third-order valence-corrected chi connectivity index (χ3v) is 6.46. The van der Waals surface area contributed by atoms with Crippen LogP contribution in [0.1, 0.15) is 33.3 Å². The van der Waals surface area contributed by atoms with E-state index in [2.05, 4.69) is 36.7 Å². The van der Waals surface area contributed by atoms with Crippen molar-refractivity contribution in [1.29, 1.82) is 0 Å². The Morgan fingerprint density at radius 1 is 1.17 bits per heavy atom. The second-order valence-electron chi connectivity index (χ2n) is 5.59. The molecule has 0 radical (unpaired) electrons. The molecule has 0 heterocycles. The SMILES string of the molecule is CCS(=O)(=O)c1ccc(CC(Br)C(C)(C)C)cc1. The number of benzene rings is 1. The minimum Gasteiger partial charge on any atom is -0.224 e. The van der Waals surface area contributed by atoms with Crippen molar-refractivity contribution in [3.8, 4) is 0 Å². The highest BCUT2D eigenvalue weighted by Crippen LogP contribution is 2.29. The molecule has 0 amide bonds. The molecule has 0 fully saturated rings. The van der Waals surface area contributed by atoms with Crippen LogP contribution >= 0.6 is 15.9 Å². The van der Waals surface area contributed by atoms with Gasteiger partial charge in [-0.1, -0.05) is 55.8 Å². The van der Waals surface area contributed by atoms with E-state index < -0.39 is 9.84 Å². The maximum atomic E-state index is 11.7. The van der Waals surface area contributed by atoms with Crippen LogP contribution in [0.25, 0.3) is 0 Å². The molecule has 102 valence electrons. The van der Waals surface area contributed by atoms with E-state index in [9.17, 15) is 8.42 Å². The lowest BCUT2D eigenvalue weighted by Crippen LogP contribution is -2.22. The van der Waals surface area contributed by atoms with Crippen molar-refractivity contribution >= 4 is 25.8 Å². The van der Waals surface area contributed by atoms with Crippen LogP contribution in [0.5, 0.6) is 0 Å². The van der Waals surface area contributed by atoms with E-state index in [-0.39, 0.29) is 11.2 Å². The molecular weight excluding hydrogens is 312 g/mol. The standard InChI is InChI=1S/C14H21BrO2S/c1-5-18(16,17)12-8-6-11(7-9-12)10-13(15)14(2,3)4/h6-9,13H,5,10H2,1-4H3. The number of sulfone groups is 1. The van der Waals surface area contributed by atoms with Gasteiger partial charge in [0.05, 0.1) is 10.6 Å². The summed E-state index contributed by atoms with van der Waals surface area (Å²) < 4.78 is 23.4. The predicted molar refractivity (Wildman–Crippen MR) is 80.0 cm³/mol. The highest BCUT2D eigenvalue weighted by atomic mass is 79.9. The fraction of sp³-hybridized carbons (Fsp3) is 0.571. The second-order valence-corrected chi connectivity index (χ2v) is 8.97. The van der Waals surface area contributed by atoms with E-state index >= 15 is 0 Å². The van der Waals surface area contributed by atoms with E-state index in [0.717, 1.165) is 12.0 Å². The fourth-order valence-electron chi connectivity index (χ4n) is 1.51. The molecule has 1 aromatic carbocycles. The first-order chi connectivity index (χ1) is 8.16. The minimum absolute atomic E-state index is 0.148. The topological polar surface area (TPSA) is 34.1 Å². The predicted octanol–water partition coefficient (Wildman–Crippen LogP) is 3.83. The summed E-state index contributed by atoms with van der Waals surface area (Å²) in [4.78, 5) is 0.786. The first kappa shape index (κ1) is 15.7. The zero-order valence-electron chi connectivity index (χ0n) is 11.4. The molecule has 0 saturated carbocycles. The molecule has 0 aromatic heterocycles. The molecule has 1 rings (SSSR count). The van der Waals surface area contributed by atoms with E-state index in [1.165, 1.54) is 0 Å². The molecule has 1 aromatic rings. The van der Waals surface area contributed by atoms with Crippen molar-refractivity contribution in [2.75, 3.05) is 5.75 Å². The molecule has 1 atom stereocenters. The molecule has 0 saturated heterocycles. The summed E-state index contributed by atoms with van der Waals surface area (Å²) in [5, 5.41) is 0. The van der Waals surface area contributed by atoms with Gasteiger partial charge in [0.15, 0.2) is 9.84 Å². The van der Waals surface area contributed by atoms with Crippen molar-refractivity contribution in [2.45, 2.75) is 43.8 Å². The van der Waals surface area contributed by atoms with Gasteiger partial charge in [0, 0.05) is 4.83 Å². The molecule has 4 heteroatoms. The highest BCUT2D eigenvalue weighted by molar-refractivity contribution is 9.09. The molecule has 0 aliphatic heterocycles. The number of hydrogen-bond acceptors (Lipinski definition) is 2. The van der Waals surface area contributed by atoms with Crippen LogP contribution in [0.3, 0.4) is 0 Å². The minimum atomic E-state index is -3.08. The first-order valence-electron chi connectivity index (χ1n) is 6.12. The van der Waals surface area contributed by atoms with Crippen LogP contribution in [0, 0.1) is 5.41 Å². The van der Waals surface area contributed by atoms with Crippen LogP contribution in [0.2, 0.25) is 0 Å². The van der Waals surface area contributed by atoms with Crippen molar-refractivity contribution in [2.24, 2.45) is 5.41 Å². The Morgan fingerprint density at radius 2 is 1.67 bits per heavy atom. The smallest absolute Gasteiger partial charge is 0.178 e. The first-order valence-corrected chi connectivity index (χ1v) is 8.69. The Morgan fingerprint density at radius 3 is 2.06 bits per heavy atom. The van der Waals surface area contributed by atoms with Crippen LogP contribution in [0.15, 0.2) is 29.2 Å². The molecule has 0 aliphatic rings. The quantitative estimate of drug-likeness (QED) is 0.785. The second kappa shape index (κ2) is 5.74. The summed E-state index contributed by atoms with van der Waals surface area (Å²) in [6, 6.07) is 7.22. The number of alkyl halides is 1. The largest absolute Gasteiger partial charge is 0.224 e. The van der Waals surface area contributed by atoms with Gasteiger partial charge in [0.1, 0.15) is 0 Å². The van der Waals surface area contributed by atoms with Crippen molar-refractivity contribution < 1.29 is 8.42 Å². The van der Waals surface area contributed by atoms with Crippen molar-refractivity contribution in [3.63, 3.8) is 0 Å². The maximum Gasteiger partial charge on any atom is 0.178 e. The zero-order valence-corrected chi connectivity index (χ0v) is 13.8. The monoisotopic (exact) mass is 332 g/mol. The Kier molecular flexibility index (Phi) is 5.01. The molecule has 18 heavy (non-hydrogen) atoms. The average Bonchev–Trinajstić information content (AvgIpc) is 2.28. The van der Waals surface area contributed by atoms with Gasteiger partial charge in [0.25, 0.3) is 0 Å². The zero-order chi connectivity index (χ0) is 14.0. The van der Waals surface area contributed by atoms with E-state index in [4.69, 9.17) is 0 Å². The van der Waals surface area contributed by atoms with Gasteiger partial charge in [-0.2, -0.15) is 0 Å². The van der Waals surface area contributed by atoms with Crippen molar-refractivity contribution in [1.82, 2.24) is 0 Å². The Labute approximate surface area is 119 Å². The number of rotatable bonds is 4. The Hall–Kier alpha value is -0.350. The van der Waals surface area contributed by atoms with E-state index in [1.807, 2.05) is 12.1 Å². The third-order valence-electron chi connectivity index (χ3n) is 3.02. The Bertz CT molecular complexity index is 484. The Balaban J connectivity index is 2.85. The normalized spacial score (nSPS) is 14.5. The van der Waals surface area contributed by atoms with Gasteiger partial charge in [-0.05, 0) is 29.5 Å². The van der Waals surface area contributed by atoms with Crippen LogP contribution in [-0.4, -0.2) is 19.0 Å². The summed E-state index contributed by atoms with van der Waals surface area (Å²) in [6.07, 6.45) is 0.899. The third kappa shape index (κ3) is 4.09. The summed E-state index contributed by atoms with van der Waals surface area (Å²) in [6.45, 7) is 8.21.